The van der Waals surface area contributed by atoms with Crippen LogP contribution in [-0.4, -0.2) is 19.8 Å². The molecule has 0 amide bonds. The van der Waals surface area contributed by atoms with Gasteiger partial charge < -0.3 is 10.1 Å². The lowest BCUT2D eigenvalue weighted by atomic mass is 10.1. The van der Waals surface area contributed by atoms with Gasteiger partial charge in [-0.2, -0.15) is 0 Å². The van der Waals surface area contributed by atoms with Crippen LogP contribution in [0.4, 0.5) is 4.39 Å². The third-order valence-electron chi connectivity index (χ3n) is 2.29. The van der Waals surface area contributed by atoms with Gasteiger partial charge in [0.2, 0.25) is 0 Å². The van der Waals surface area contributed by atoms with E-state index in [4.69, 9.17) is 16.3 Å². The van der Waals surface area contributed by atoms with Crippen LogP contribution in [0.5, 0.6) is 0 Å². The van der Waals surface area contributed by atoms with Gasteiger partial charge in [0.15, 0.2) is 0 Å². The molecule has 0 spiro atoms. The summed E-state index contributed by atoms with van der Waals surface area (Å²) in [5.74, 6) is -0.392. The van der Waals surface area contributed by atoms with Crippen LogP contribution in [0, 0.1) is 5.82 Å². The van der Waals surface area contributed by atoms with Gasteiger partial charge >= 0.3 is 0 Å². The van der Waals surface area contributed by atoms with Crippen LogP contribution < -0.4 is 5.32 Å². The van der Waals surface area contributed by atoms with Crippen LogP contribution in [-0.2, 0) is 4.74 Å². The Morgan fingerprint density at radius 3 is 2.75 bits per heavy atom. The first kappa shape index (κ1) is 13.4. The van der Waals surface area contributed by atoms with Gasteiger partial charge in [-0.15, -0.1) is 0 Å². The first-order valence-electron chi connectivity index (χ1n) is 5.45. The zero-order valence-electron chi connectivity index (χ0n) is 9.59. The molecule has 0 aliphatic rings. The Morgan fingerprint density at radius 1 is 1.44 bits per heavy atom. The molecular weight excluding hydrogens is 229 g/mol. The lowest BCUT2D eigenvalue weighted by Gasteiger charge is -2.18. The Hall–Kier alpha value is -0.640. The van der Waals surface area contributed by atoms with Gasteiger partial charge in [0.25, 0.3) is 0 Å². The summed E-state index contributed by atoms with van der Waals surface area (Å²) in [4.78, 5) is 0. The van der Waals surface area contributed by atoms with E-state index in [0.717, 1.165) is 12.1 Å². The minimum atomic E-state index is -0.392. The molecule has 90 valence electrons. The number of benzene rings is 1. The highest BCUT2D eigenvalue weighted by Crippen LogP contribution is 2.21. The quantitative estimate of drug-likeness (QED) is 0.831. The van der Waals surface area contributed by atoms with E-state index in [1.54, 1.807) is 12.1 Å². The van der Waals surface area contributed by atoms with Crippen LogP contribution >= 0.6 is 11.6 Å². The van der Waals surface area contributed by atoms with Gasteiger partial charge in [0.1, 0.15) is 5.82 Å². The maximum absolute atomic E-state index is 13.0. The summed E-state index contributed by atoms with van der Waals surface area (Å²) in [5, 5.41) is 3.42. The average Bonchev–Trinajstić information content (AvgIpc) is 2.28. The molecule has 0 saturated carbocycles. The van der Waals surface area contributed by atoms with Crippen molar-refractivity contribution in [3.63, 3.8) is 0 Å². The van der Waals surface area contributed by atoms with Crippen LogP contribution in [0.3, 0.4) is 0 Å². The molecule has 0 aliphatic carbocycles. The molecule has 1 rings (SSSR count). The van der Waals surface area contributed by atoms with Crippen molar-refractivity contribution in [1.82, 2.24) is 5.32 Å². The number of hydrogen-bond donors (Lipinski definition) is 1. The third kappa shape index (κ3) is 3.74. The molecule has 0 heterocycles. The molecule has 1 aromatic carbocycles. The van der Waals surface area contributed by atoms with Gasteiger partial charge in [-0.3, -0.25) is 0 Å². The maximum atomic E-state index is 13.0. The largest absolute Gasteiger partial charge is 0.380 e. The van der Waals surface area contributed by atoms with Crippen LogP contribution in [0.2, 0.25) is 5.02 Å². The minimum absolute atomic E-state index is 0.0584. The zero-order chi connectivity index (χ0) is 12.0. The fourth-order valence-electron chi connectivity index (χ4n) is 1.48. The van der Waals surface area contributed by atoms with Crippen molar-refractivity contribution in [3.05, 3.63) is 34.6 Å². The predicted molar refractivity (Wildman–Crippen MR) is 64.3 cm³/mol. The van der Waals surface area contributed by atoms with Gasteiger partial charge in [-0.1, -0.05) is 24.6 Å². The Balaban J connectivity index is 2.78. The molecule has 1 N–H and O–H groups in total. The van der Waals surface area contributed by atoms with Crippen molar-refractivity contribution in [1.29, 1.82) is 0 Å². The number of ether oxygens (including phenoxy) is 1. The second-order valence-electron chi connectivity index (χ2n) is 3.44. The summed E-state index contributed by atoms with van der Waals surface area (Å²) in [6.07, 6.45) is 0. The van der Waals surface area contributed by atoms with Crippen molar-refractivity contribution in [2.45, 2.75) is 19.9 Å². The summed E-state index contributed by atoms with van der Waals surface area (Å²) < 4.78 is 18.4. The van der Waals surface area contributed by atoms with Crippen LogP contribution in [0.15, 0.2) is 18.2 Å². The predicted octanol–water partition coefficient (Wildman–Crippen LogP) is 3.17. The average molecular weight is 246 g/mol. The lowest BCUT2D eigenvalue weighted by molar-refractivity contribution is 0.123. The molecule has 0 fully saturated rings. The fourth-order valence-corrected chi connectivity index (χ4v) is 1.67. The smallest absolute Gasteiger partial charge is 0.141 e. The molecule has 0 saturated heterocycles. The number of likely N-dealkylation sites (N-methyl/N-ethyl adjacent to an activating group) is 1. The van der Waals surface area contributed by atoms with Crippen molar-refractivity contribution in [2.24, 2.45) is 0 Å². The van der Waals surface area contributed by atoms with E-state index in [9.17, 15) is 4.39 Å². The second-order valence-corrected chi connectivity index (χ2v) is 3.85. The monoisotopic (exact) mass is 245 g/mol. The first-order chi connectivity index (χ1) is 7.69. The fraction of sp³-hybridized carbons (Fsp3) is 0.500. The highest BCUT2D eigenvalue weighted by Gasteiger charge is 2.11. The van der Waals surface area contributed by atoms with Gasteiger partial charge in [0, 0.05) is 6.61 Å². The van der Waals surface area contributed by atoms with E-state index < -0.39 is 5.82 Å². The van der Waals surface area contributed by atoms with Crippen molar-refractivity contribution < 1.29 is 9.13 Å². The second kappa shape index (κ2) is 6.84. The molecule has 0 radical (unpaired) electrons. The molecule has 2 nitrogen and oxygen atoms in total. The SMILES string of the molecule is CCNC(COCC)c1ccc(F)c(Cl)c1. The lowest BCUT2D eigenvalue weighted by Crippen LogP contribution is -2.25. The minimum Gasteiger partial charge on any atom is -0.380 e. The van der Waals surface area contributed by atoms with Crippen molar-refractivity contribution in [3.8, 4) is 0 Å². The van der Waals surface area contributed by atoms with Crippen LogP contribution in [0.1, 0.15) is 25.5 Å². The maximum Gasteiger partial charge on any atom is 0.141 e. The molecule has 0 aliphatic heterocycles. The standard InChI is InChI=1S/C12H17ClFNO/c1-3-15-12(8-16-4-2)9-5-6-11(14)10(13)7-9/h5-7,12,15H,3-4,8H2,1-2H3. The van der Waals surface area contributed by atoms with Crippen LogP contribution in [0.25, 0.3) is 0 Å². The number of nitrogens with one attached hydrogen (secondary N) is 1. The summed E-state index contributed by atoms with van der Waals surface area (Å²) >= 11 is 5.75. The van der Waals surface area contributed by atoms with E-state index >= 15 is 0 Å². The van der Waals surface area contributed by atoms with Gasteiger partial charge in [-0.25, -0.2) is 4.39 Å². The van der Waals surface area contributed by atoms with Crippen molar-refractivity contribution in [2.75, 3.05) is 19.8 Å². The summed E-state index contributed by atoms with van der Waals surface area (Å²) in [6, 6.07) is 4.81. The Kier molecular flexibility index (Phi) is 5.74. The van der Waals surface area contributed by atoms with Crippen molar-refractivity contribution >= 4 is 11.6 Å². The van der Waals surface area contributed by atoms with E-state index in [2.05, 4.69) is 5.32 Å². The van der Waals surface area contributed by atoms with E-state index in [-0.39, 0.29) is 11.1 Å². The van der Waals surface area contributed by atoms with E-state index in [1.165, 1.54) is 6.07 Å². The molecular formula is C12H17ClFNO. The number of hydrogen-bond acceptors (Lipinski definition) is 2. The molecule has 16 heavy (non-hydrogen) atoms. The molecule has 0 bridgehead atoms. The summed E-state index contributed by atoms with van der Waals surface area (Å²) in [7, 11) is 0. The summed E-state index contributed by atoms with van der Waals surface area (Å²) in [6.45, 7) is 6.01. The topological polar surface area (TPSA) is 21.3 Å². The highest BCUT2D eigenvalue weighted by molar-refractivity contribution is 6.30. The number of rotatable bonds is 6. The van der Waals surface area contributed by atoms with E-state index in [0.29, 0.717) is 13.2 Å². The Bertz CT molecular complexity index is 333. The van der Waals surface area contributed by atoms with E-state index in [1.807, 2.05) is 13.8 Å². The Labute approximate surface area is 101 Å². The number of halogens is 2. The van der Waals surface area contributed by atoms with Gasteiger partial charge in [0.05, 0.1) is 17.7 Å². The normalized spacial score (nSPS) is 12.8. The Morgan fingerprint density at radius 2 is 2.19 bits per heavy atom. The molecule has 1 aromatic rings. The molecule has 0 aromatic heterocycles. The zero-order valence-corrected chi connectivity index (χ0v) is 10.4. The summed E-state index contributed by atoms with van der Waals surface area (Å²) in [5.41, 5.74) is 0.946. The first-order valence-corrected chi connectivity index (χ1v) is 5.82. The highest BCUT2D eigenvalue weighted by atomic mass is 35.5. The molecule has 4 heteroatoms. The molecule has 1 unspecified atom stereocenters. The van der Waals surface area contributed by atoms with Gasteiger partial charge in [-0.05, 0) is 31.2 Å². The third-order valence-corrected chi connectivity index (χ3v) is 2.57. The molecule has 1 atom stereocenters.